The predicted molar refractivity (Wildman–Crippen MR) is 69.5 cm³/mol. The molecule has 0 fully saturated rings. The van der Waals surface area contributed by atoms with Gasteiger partial charge < -0.3 is 4.90 Å². The minimum atomic E-state index is -1.30. The van der Waals surface area contributed by atoms with Gasteiger partial charge in [-0.3, -0.25) is 14.9 Å². The minimum Gasteiger partial charge on any atom is -0.339 e. The Morgan fingerprint density at radius 1 is 1.35 bits per heavy atom. The molecule has 0 unspecified atom stereocenters. The van der Waals surface area contributed by atoms with Crippen LogP contribution < -0.4 is 0 Å². The van der Waals surface area contributed by atoms with Gasteiger partial charge in [-0.1, -0.05) is 13.3 Å². The summed E-state index contributed by atoms with van der Waals surface area (Å²) in [5.41, 5.74) is -1.63. The summed E-state index contributed by atoms with van der Waals surface area (Å²) in [7, 11) is 0. The number of nitro groups is 1. The molecular weight excluding hydrogens is 270 g/mol. The van der Waals surface area contributed by atoms with E-state index in [-0.39, 0.29) is 0 Å². The maximum Gasteiger partial charge on any atom is 0.308 e. The van der Waals surface area contributed by atoms with Crippen molar-refractivity contribution in [1.82, 2.24) is 4.90 Å². The number of hydrogen-bond acceptors (Lipinski definition) is 3. The first-order chi connectivity index (χ1) is 9.42. The quantitative estimate of drug-likeness (QED) is 0.596. The molecule has 110 valence electrons. The average molecular weight is 286 g/mol. The van der Waals surface area contributed by atoms with Crippen molar-refractivity contribution in [1.29, 1.82) is 0 Å². The lowest BCUT2D eigenvalue weighted by Gasteiger charge is -2.20. The fourth-order valence-electron chi connectivity index (χ4n) is 1.79. The molecule has 0 spiro atoms. The summed E-state index contributed by atoms with van der Waals surface area (Å²) < 4.78 is 27.2. The number of unbranched alkanes of at least 4 members (excludes halogenated alkanes) is 1. The molecule has 0 aromatic heterocycles. The van der Waals surface area contributed by atoms with Crippen LogP contribution in [0.25, 0.3) is 0 Å². The van der Waals surface area contributed by atoms with Crippen molar-refractivity contribution in [3.8, 4) is 0 Å². The first-order valence-electron chi connectivity index (χ1n) is 6.35. The molecule has 0 aliphatic heterocycles. The van der Waals surface area contributed by atoms with Crippen molar-refractivity contribution in [2.24, 2.45) is 0 Å². The Balaban J connectivity index is 3.17. The molecule has 0 N–H and O–H groups in total. The highest BCUT2D eigenvalue weighted by molar-refractivity contribution is 5.95. The van der Waals surface area contributed by atoms with E-state index in [2.05, 4.69) is 0 Å². The summed E-state index contributed by atoms with van der Waals surface area (Å²) in [6.07, 6.45) is 1.56. The first kappa shape index (κ1) is 16.0. The molecule has 0 aliphatic rings. The number of halogens is 2. The Bertz CT molecular complexity index is 521. The van der Waals surface area contributed by atoms with Crippen molar-refractivity contribution >= 4 is 11.6 Å². The van der Waals surface area contributed by atoms with Gasteiger partial charge in [0.05, 0.1) is 16.6 Å². The van der Waals surface area contributed by atoms with Crippen molar-refractivity contribution in [2.75, 3.05) is 13.1 Å². The Morgan fingerprint density at radius 2 is 2.00 bits per heavy atom. The lowest BCUT2D eigenvalue weighted by molar-refractivity contribution is -0.387. The van der Waals surface area contributed by atoms with Gasteiger partial charge in [0.15, 0.2) is 0 Å². The largest absolute Gasteiger partial charge is 0.339 e. The van der Waals surface area contributed by atoms with Crippen molar-refractivity contribution < 1.29 is 18.5 Å². The van der Waals surface area contributed by atoms with Gasteiger partial charge in [0.1, 0.15) is 5.82 Å². The monoisotopic (exact) mass is 286 g/mol. The normalized spacial score (nSPS) is 10.4. The fraction of sp³-hybridized carbons (Fsp3) is 0.462. The van der Waals surface area contributed by atoms with E-state index in [1.165, 1.54) is 4.90 Å². The SMILES string of the molecule is CCCCN(CC)C(=O)c1cc(F)cc([N+](=O)[O-])c1F. The molecule has 20 heavy (non-hydrogen) atoms. The van der Waals surface area contributed by atoms with Crippen LogP contribution in [0.15, 0.2) is 12.1 Å². The summed E-state index contributed by atoms with van der Waals surface area (Å²) >= 11 is 0. The highest BCUT2D eigenvalue weighted by Crippen LogP contribution is 2.23. The summed E-state index contributed by atoms with van der Waals surface area (Å²) in [4.78, 5) is 23.1. The number of benzene rings is 1. The third kappa shape index (κ3) is 3.49. The Hall–Kier alpha value is -2.05. The van der Waals surface area contributed by atoms with Crippen LogP contribution in [0, 0.1) is 21.7 Å². The van der Waals surface area contributed by atoms with Gasteiger partial charge in [-0.15, -0.1) is 0 Å². The highest BCUT2D eigenvalue weighted by atomic mass is 19.1. The lowest BCUT2D eigenvalue weighted by Crippen LogP contribution is -2.32. The molecule has 0 saturated carbocycles. The van der Waals surface area contributed by atoms with Crippen LogP contribution in [0.3, 0.4) is 0 Å². The second-order valence-corrected chi connectivity index (χ2v) is 4.28. The first-order valence-corrected chi connectivity index (χ1v) is 6.35. The molecule has 0 radical (unpaired) electrons. The van der Waals surface area contributed by atoms with Crippen LogP contribution in [-0.4, -0.2) is 28.8 Å². The van der Waals surface area contributed by atoms with Gasteiger partial charge in [-0.05, 0) is 19.4 Å². The maximum absolute atomic E-state index is 13.9. The Labute approximate surface area is 115 Å². The van der Waals surface area contributed by atoms with Crippen molar-refractivity contribution in [3.63, 3.8) is 0 Å². The zero-order chi connectivity index (χ0) is 15.3. The van der Waals surface area contributed by atoms with Gasteiger partial charge in [-0.25, -0.2) is 4.39 Å². The molecular formula is C13H16F2N2O3. The molecule has 0 atom stereocenters. The number of rotatable bonds is 6. The number of carbonyl (C=O) groups is 1. The second kappa shape index (κ2) is 6.93. The summed E-state index contributed by atoms with van der Waals surface area (Å²) in [5.74, 6) is -3.04. The molecule has 0 heterocycles. The number of nitro benzene ring substituents is 1. The smallest absolute Gasteiger partial charge is 0.308 e. The van der Waals surface area contributed by atoms with Crippen LogP contribution in [0.1, 0.15) is 37.0 Å². The van der Waals surface area contributed by atoms with E-state index < -0.39 is 33.7 Å². The van der Waals surface area contributed by atoms with E-state index in [0.717, 1.165) is 12.8 Å². The lowest BCUT2D eigenvalue weighted by atomic mass is 10.1. The second-order valence-electron chi connectivity index (χ2n) is 4.28. The predicted octanol–water partition coefficient (Wildman–Crippen LogP) is 3.14. The van der Waals surface area contributed by atoms with Crippen LogP contribution in [0.4, 0.5) is 14.5 Å². The highest BCUT2D eigenvalue weighted by Gasteiger charge is 2.26. The van der Waals surface area contributed by atoms with Gasteiger partial charge >= 0.3 is 5.69 Å². The van der Waals surface area contributed by atoms with Crippen LogP contribution in [0.5, 0.6) is 0 Å². The molecule has 0 saturated heterocycles. The van der Waals surface area contributed by atoms with E-state index in [4.69, 9.17) is 0 Å². The van der Waals surface area contributed by atoms with Gasteiger partial charge in [0, 0.05) is 13.1 Å². The van der Waals surface area contributed by atoms with Gasteiger partial charge in [0.2, 0.25) is 5.82 Å². The van der Waals surface area contributed by atoms with Crippen molar-refractivity contribution in [3.05, 3.63) is 39.4 Å². The molecule has 1 amide bonds. The maximum atomic E-state index is 13.9. The molecule has 0 bridgehead atoms. The van der Waals surface area contributed by atoms with E-state index in [9.17, 15) is 23.7 Å². The number of carbonyl (C=O) groups excluding carboxylic acids is 1. The Kier molecular flexibility index (Phi) is 5.54. The van der Waals surface area contributed by atoms with Crippen LogP contribution in [0.2, 0.25) is 0 Å². The number of nitrogens with zero attached hydrogens (tertiary/aromatic N) is 2. The van der Waals surface area contributed by atoms with E-state index >= 15 is 0 Å². The van der Waals surface area contributed by atoms with E-state index in [1.54, 1.807) is 6.92 Å². The topological polar surface area (TPSA) is 63.5 Å². The van der Waals surface area contributed by atoms with Crippen LogP contribution in [-0.2, 0) is 0 Å². The Morgan fingerprint density at radius 3 is 2.50 bits per heavy atom. The zero-order valence-corrected chi connectivity index (χ0v) is 11.4. The van der Waals surface area contributed by atoms with E-state index in [1.807, 2.05) is 6.92 Å². The number of amides is 1. The third-order valence-corrected chi connectivity index (χ3v) is 2.90. The third-order valence-electron chi connectivity index (χ3n) is 2.90. The molecule has 5 nitrogen and oxygen atoms in total. The molecule has 1 aromatic rings. The molecule has 1 aromatic carbocycles. The average Bonchev–Trinajstić information content (AvgIpc) is 2.41. The molecule has 7 heteroatoms. The fourth-order valence-corrected chi connectivity index (χ4v) is 1.79. The molecule has 0 aliphatic carbocycles. The van der Waals surface area contributed by atoms with Crippen molar-refractivity contribution in [2.45, 2.75) is 26.7 Å². The molecule has 1 rings (SSSR count). The minimum absolute atomic E-state index is 0.322. The zero-order valence-electron chi connectivity index (χ0n) is 11.4. The standard InChI is InChI=1S/C13H16F2N2O3/c1-3-5-6-16(4-2)13(18)10-7-9(14)8-11(12(10)15)17(19)20/h7-8H,3-6H2,1-2H3. The summed E-state index contributed by atoms with van der Waals surface area (Å²) in [6, 6.07) is 1.16. The van der Waals surface area contributed by atoms with E-state index in [0.29, 0.717) is 25.2 Å². The number of hydrogen-bond donors (Lipinski definition) is 0. The van der Waals surface area contributed by atoms with Crippen LogP contribution >= 0.6 is 0 Å². The summed E-state index contributed by atoms with van der Waals surface area (Å²) in [6.45, 7) is 4.36. The summed E-state index contributed by atoms with van der Waals surface area (Å²) in [5, 5.41) is 10.6. The van der Waals surface area contributed by atoms with Gasteiger partial charge in [-0.2, -0.15) is 4.39 Å². The van der Waals surface area contributed by atoms with Gasteiger partial charge in [0.25, 0.3) is 5.91 Å².